The number of benzene rings is 1. The minimum absolute atomic E-state index is 0.00567. The van der Waals surface area contributed by atoms with Crippen molar-refractivity contribution in [3.8, 4) is 0 Å². The van der Waals surface area contributed by atoms with Crippen LogP contribution in [0.15, 0.2) is 29.6 Å². The van der Waals surface area contributed by atoms with E-state index >= 15 is 0 Å². The maximum Gasteiger partial charge on any atom is 0.224 e. The largest absolute Gasteiger partial charge is 0.338 e. The van der Waals surface area contributed by atoms with E-state index in [1.54, 1.807) is 29.5 Å². The third kappa shape index (κ3) is 4.29. The molecule has 1 N–H and O–H groups in total. The Bertz CT molecular complexity index is 755. The van der Waals surface area contributed by atoms with Crippen LogP contribution in [0.4, 0.5) is 5.69 Å². The van der Waals surface area contributed by atoms with Gasteiger partial charge in [0.1, 0.15) is 0 Å². The summed E-state index contributed by atoms with van der Waals surface area (Å²) in [6.07, 6.45) is 1.22. The smallest absolute Gasteiger partial charge is 0.224 e. The minimum Gasteiger partial charge on any atom is -0.338 e. The molecule has 0 saturated carbocycles. The van der Waals surface area contributed by atoms with Crippen molar-refractivity contribution in [2.75, 3.05) is 11.9 Å². The van der Waals surface area contributed by atoms with E-state index in [0.29, 0.717) is 22.3 Å². The first-order valence-corrected chi connectivity index (χ1v) is 9.24. The van der Waals surface area contributed by atoms with Crippen LogP contribution in [0.5, 0.6) is 0 Å². The normalized spacial score (nSPS) is 13.5. The van der Waals surface area contributed by atoms with E-state index < -0.39 is 0 Å². The van der Waals surface area contributed by atoms with Gasteiger partial charge in [0.15, 0.2) is 0 Å². The molecule has 0 bridgehead atoms. The highest BCUT2D eigenvalue weighted by Crippen LogP contribution is 2.25. The molecule has 2 amide bonds. The zero-order valence-electron chi connectivity index (χ0n) is 12.9. The van der Waals surface area contributed by atoms with E-state index in [-0.39, 0.29) is 24.7 Å². The molecule has 4 nitrogen and oxygen atoms in total. The number of carbonyl (C=O) groups is 2. The fraction of sp³-hybridized carbons (Fsp3) is 0.294. The Balaban J connectivity index is 1.50. The van der Waals surface area contributed by atoms with Crippen LogP contribution >= 0.6 is 34.5 Å². The van der Waals surface area contributed by atoms with Crippen LogP contribution in [0.2, 0.25) is 10.0 Å². The topological polar surface area (TPSA) is 49.4 Å². The van der Waals surface area contributed by atoms with Gasteiger partial charge in [-0.05, 0) is 41.6 Å². The van der Waals surface area contributed by atoms with Gasteiger partial charge >= 0.3 is 0 Å². The number of amides is 2. The van der Waals surface area contributed by atoms with E-state index in [2.05, 4.69) is 16.8 Å². The quantitative estimate of drug-likeness (QED) is 0.853. The zero-order valence-corrected chi connectivity index (χ0v) is 15.2. The predicted molar refractivity (Wildman–Crippen MR) is 97.8 cm³/mol. The average molecular weight is 383 g/mol. The van der Waals surface area contributed by atoms with Crippen molar-refractivity contribution < 1.29 is 9.59 Å². The van der Waals surface area contributed by atoms with Crippen LogP contribution in [0.1, 0.15) is 23.3 Å². The average Bonchev–Trinajstić information content (AvgIpc) is 2.99. The van der Waals surface area contributed by atoms with Gasteiger partial charge in [0.2, 0.25) is 11.8 Å². The van der Waals surface area contributed by atoms with Crippen LogP contribution in [0.25, 0.3) is 0 Å². The van der Waals surface area contributed by atoms with Gasteiger partial charge in [-0.15, -0.1) is 11.3 Å². The first-order chi connectivity index (χ1) is 11.5. The minimum atomic E-state index is -0.227. The van der Waals surface area contributed by atoms with Gasteiger partial charge in [-0.1, -0.05) is 23.2 Å². The molecule has 1 aromatic heterocycles. The van der Waals surface area contributed by atoms with Gasteiger partial charge in [0.25, 0.3) is 0 Å². The lowest BCUT2D eigenvalue weighted by Crippen LogP contribution is -2.35. The third-order valence-electron chi connectivity index (χ3n) is 3.87. The number of rotatable bonds is 4. The van der Waals surface area contributed by atoms with Crippen molar-refractivity contribution in [1.29, 1.82) is 0 Å². The molecular formula is C17H16Cl2N2O2S. The molecule has 2 aromatic rings. The number of nitrogens with zero attached hydrogens (tertiary/aromatic N) is 1. The first-order valence-electron chi connectivity index (χ1n) is 7.60. The molecule has 1 aliphatic rings. The van der Waals surface area contributed by atoms with Gasteiger partial charge in [-0.3, -0.25) is 9.59 Å². The lowest BCUT2D eigenvalue weighted by molar-refractivity contribution is -0.133. The highest BCUT2D eigenvalue weighted by atomic mass is 35.5. The van der Waals surface area contributed by atoms with E-state index in [4.69, 9.17) is 23.2 Å². The molecule has 1 aromatic carbocycles. The van der Waals surface area contributed by atoms with Gasteiger partial charge in [0, 0.05) is 46.5 Å². The van der Waals surface area contributed by atoms with Crippen LogP contribution in [0.3, 0.4) is 0 Å². The number of halogens is 2. The van der Waals surface area contributed by atoms with Crippen molar-refractivity contribution in [2.45, 2.75) is 25.8 Å². The summed E-state index contributed by atoms with van der Waals surface area (Å²) in [4.78, 5) is 27.5. The molecule has 7 heteroatoms. The van der Waals surface area contributed by atoms with Crippen LogP contribution in [0, 0.1) is 0 Å². The number of thiophene rings is 1. The predicted octanol–water partition coefficient (Wildman–Crippen LogP) is 4.36. The Morgan fingerprint density at radius 1 is 1.17 bits per heavy atom. The van der Waals surface area contributed by atoms with Gasteiger partial charge in [-0.2, -0.15) is 0 Å². The Kier molecular flexibility index (Phi) is 5.43. The molecule has 126 valence electrons. The summed E-state index contributed by atoms with van der Waals surface area (Å²) < 4.78 is 0. The maximum atomic E-state index is 12.3. The zero-order chi connectivity index (χ0) is 17.1. The molecule has 3 rings (SSSR count). The maximum absolute atomic E-state index is 12.3. The summed E-state index contributed by atoms with van der Waals surface area (Å²) in [5.74, 6) is -0.221. The standard InChI is InChI=1S/C17H16Cl2N2O2S/c18-12-7-13(19)9-14(8-12)20-16(22)1-2-17(23)21-5-3-15-11(10-21)4-6-24-15/h4,6-9H,1-3,5,10H2,(H,20,22). The van der Waals surface area contributed by atoms with Crippen molar-refractivity contribution in [2.24, 2.45) is 0 Å². The van der Waals surface area contributed by atoms with Crippen LogP contribution < -0.4 is 5.32 Å². The summed E-state index contributed by atoms with van der Waals surface area (Å²) in [6, 6.07) is 6.90. The second-order valence-corrected chi connectivity index (χ2v) is 7.51. The van der Waals surface area contributed by atoms with E-state index in [1.165, 1.54) is 10.4 Å². The van der Waals surface area contributed by atoms with Crippen molar-refractivity contribution in [3.63, 3.8) is 0 Å². The fourth-order valence-electron chi connectivity index (χ4n) is 2.69. The SMILES string of the molecule is O=C(CCC(=O)N1CCc2sccc2C1)Nc1cc(Cl)cc(Cl)c1. The highest BCUT2D eigenvalue weighted by molar-refractivity contribution is 7.10. The fourth-order valence-corrected chi connectivity index (χ4v) is 4.11. The summed E-state index contributed by atoms with van der Waals surface area (Å²) in [5.41, 5.74) is 1.75. The Morgan fingerprint density at radius 2 is 1.92 bits per heavy atom. The number of fused-ring (bicyclic) bond motifs is 1. The first kappa shape index (κ1) is 17.3. The lowest BCUT2D eigenvalue weighted by Gasteiger charge is -2.27. The number of hydrogen-bond acceptors (Lipinski definition) is 3. The summed E-state index contributed by atoms with van der Waals surface area (Å²) >= 11 is 13.5. The van der Waals surface area contributed by atoms with Crippen molar-refractivity contribution in [1.82, 2.24) is 4.90 Å². The second-order valence-electron chi connectivity index (χ2n) is 5.64. The van der Waals surface area contributed by atoms with E-state index in [0.717, 1.165) is 13.0 Å². The lowest BCUT2D eigenvalue weighted by atomic mass is 10.1. The van der Waals surface area contributed by atoms with Crippen LogP contribution in [-0.2, 0) is 22.6 Å². The number of anilines is 1. The van der Waals surface area contributed by atoms with Crippen molar-refractivity contribution in [3.05, 3.63) is 50.1 Å². The number of hydrogen-bond donors (Lipinski definition) is 1. The Labute approximate surface area is 154 Å². The molecule has 0 aliphatic carbocycles. The third-order valence-corrected chi connectivity index (χ3v) is 5.33. The monoisotopic (exact) mass is 382 g/mol. The molecule has 0 radical (unpaired) electrons. The molecule has 24 heavy (non-hydrogen) atoms. The number of nitrogens with one attached hydrogen (secondary N) is 1. The van der Waals surface area contributed by atoms with Crippen LogP contribution in [-0.4, -0.2) is 23.3 Å². The molecule has 0 fully saturated rings. The van der Waals surface area contributed by atoms with E-state index in [1.807, 2.05) is 4.90 Å². The molecule has 1 aliphatic heterocycles. The molecule has 2 heterocycles. The molecule has 0 saturated heterocycles. The molecular weight excluding hydrogens is 367 g/mol. The molecule has 0 spiro atoms. The Morgan fingerprint density at radius 3 is 2.67 bits per heavy atom. The van der Waals surface area contributed by atoms with Gasteiger partial charge in [0.05, 0.1) is 0 Å². The number of carbonyl (C=O) groups excluding carboxylic acids is 2. The van der Waals surface area contributed by atoms with Gasteiger partial charge < -0.3 is 10.2 Å². The molecule has 0 atom stereocenters. The second kappa shape index (κ2) is 7.55. The van der Waals surface area contributed by atoms with Gasteiger partial charge in [-0.25, -0.2) is 0 Å². The highest BCUT2D eigenvalue weighted by Gasteiger charge is 2.21. The summed E-state index contributed by atoms with van der Waals surface area (Å²) in [6.45, 7) is 1.36. The van der Waals surface area contributed by atoms with E-state index in [9.17, 15) is 9.59 Å². The molecule has 0 unspecified atom stereocenters. The summed E-state index contributed by atoms with van der Waals surface area (Å²) in [7, 11) is 0. The summed E-state index contributed by atoms with van der Waals surface area (Å²) in [5, 5.41) is 5.68. The van der Waals surface area contributed by atoms with Crippen molar-refractivity contribution >= 4 is 52.0 Å². The Hall–Kier alpha value is -1.56.